The van der Waals surface area contributed by atoms with Crippen LogP contribution in [-0.2, 0) is 0 Å². The summed E-state index contributed by atoms with van der Waals surface area (Å²) in [6, 6.07) is 0.281. The number of hydrogen-bond acceptors (Lipinski definition) is 2. The Kier molecular flexibility index (Phi) is 4.87. The molecule has 1 heterocycles. The van der Waals surface area contributed by atoms with Crippen LogP contribution in [-0.4, -0.2) is 36.6 Å². The zero-order valence-corrected chi connectivity index (χ0v) is 11.5. The Morgan fingerprint density at radius 1 is 1.28 bits per heavy atom. The van der Waals surface area contributed by atoms with Gasteiger partial charge in [-0.15, -0.1) is 0 Å². The molecule has 2 aliphatic rings. The van der Waals surface area contributed by atoms with E-state index in [0.717, 1.165) is 31.8 Å². The van der Waals surface area contributed by atoms with E-state index >= 15 is 0 Å². The zero-order chi connectivity index (χ0) is 13.0. The van der Waals surface area contributed by atoms with Crippen molar-refractivity contribution in [1.82, 2.24) is 10.2 Å². The largest absolute Gasteiger partial charge is 0.334 e. The molecule has 0 aromatic heterocycles. The van der Waals surface area contributed by atoms with E-state index in [1.54, 1.807) is 0 Å². The number of hydrogen-bond donors (Lipinski definition) is 2. The number of likely N-dealkylation sites (tertiary alicyclic amines) is 1. The fourth-order valence-corrected chi connectivity index (χ4v) is 3.19. The second-order valence-electron chi connectivity index (χ2n) is 6.01. The summed E-state index contributed by atoms with van der Waals surface area (Å²) in [6.07, 6.45) is 7.28. The van der Waals surface area contributed by atoms with E-state index < -0.39 is 0 Å². The lowest BCUT2D eigenvalue weighted by Crippen LogP contribution is -2.51. The van der Waals surface area contributed by atoms with Crippen molar-refractivity contribution >= 4 is 6.03 Å². The highest BCUT2D eigenvalue weighted by Gasteiger charge is 2.27. The van der Waals surface area contributed by atoms with E-state index in [0.29, 0.717) is 12.5 Å². The summed E-state index contributed by atoms with van der Waals surface area (Å²) >= 11 is 0. The van der Waals surface area contributed by atoms with Crippen molar-refractivity contribution in [2.75, 3.05) is 19.6 Å². The van der Waals surface area contributed by atoms with Gasteiger partial charge in [0.1, 0.15) is 0 Å². The van der Waals surface area contributed by atoms with Crippen molar-refractivity contribution in [3.63, 3.8) is 0 Å². The molecular formula is C14H27N3O. The molecule has 0 spiro atoms. The van der Waals surface area contributed by atoms with Gasteiger partial charge < -0.3 is 16.0 Å². The molecule has 0 bridgehead atoms. The first-order chi connectivity index (χ1) is 8.70. The molecule has 4 nitrogen and oxygen atoms in total. The van der Waals surface area contributed by atoms with E-state index in [1.165, 1.54) is 25.7 Å². The highest BCUT2D eigenvalue weighted by molar-refractivity contribution is 5.74. The third kappa shape index (κ3) is 3.37. The Balaban J connectivity index is 1.81. The molecule has 2 fully saturated rings. The predicted octanol–water partition coefficient (Wildman–Crippen LogP) is 1.95. The topological polar surface area (TPSA) is 58.4 Å². The third-order valence-corrected chi connectivity index (χ3v) is 4.60. The molecule has 2 amide bonds. The molecular weight excluding hydrogens is 226 g/mol. The molecule has 4 heteroatoms. The lowest BCUT2D eigenvalue weighted by Gasteiger charge is -2.33. The van der Waals surface area contributed by atoms with E-state index in [4.69, 9.17) is 5.73 Å². The number of amides is 2. The van der Waals surface area contributed by atoms with Gasteiger partial charge in [-0.05, 0) is 37.5 Å². The van der Waals surface area contributed by atoms with Gasteiger partial charge in [0.15, 0.2) is 0 Å². The number of carbonyl (C=O) groups is 1. The van der Waals surface area contributed by atoms with E-state index in [2.05, 4.69) is 12.2 Å². The Bertz CT molecular complexity index is 268. The van der Waals surface area contributed by atoms with Crippen LogP contribution in [0.15, 0.2) is 0 Å². The molecule has 1 saturated heterocycles. The average Bonchev–Trinajstić information content (AvgIpc) is 2.90. The van der Waals surface area contributed by atoms with E-state index in [-0.39, 0.29) is 12.1 Å². The Morgan fingerprint density at radius 2 is 1.89 bits per heavy atom. The van der Waals surface area contributed by atoms with Crippen LogP contribution in [0.2, 0.25) is 0 Å². The molecule has 1 unspecified atom stereocenters. The minimum absolute atomic E-state index is 0.101. The van der Waals surface area contributed by atoms with Crippen molar-refractivity contribution in [3.8, 4) is 0 Å². The summed E-state index contributed by atoms with van der Waals surface area (Å²) in [6.45, 7) is 4.63. The molecule has 3 N–H and O–H groups in total. The lowest BCUT2D eigenvalue weighted by atomic mass is 9.98. The zero-order valence-electron chi connectivity index (χ0n) is 11.5. The fraction of sp³-hybridized carbons (Fsp3) is 0.929. The van der Waals surface area contributed by atoms with Gasteiger partial charge in [0.25, 0.3) is 0 Å². The number of rotatable bonds is 3. The predicted molar refractivity (Wildman–Crippen MR) is 73.3 cm³/mol. The number of nitrogens with zero attached hydrogens (tertiary/aromatic N) is 1. The van der Waals surface area contributed by atoms with Crippen molar-refractivity contribution in [3.05, 3.63) is 0 Å². The molecule has 1 saturated carbocycles. The maximum Gasteiger partial charge on any atom is 0.317 e. The first kappa shape index (κ1) is 13.7. The summed E-state index contributed by atoms with van der Waals surface area (Å²) in [5, 5.41) is 3.16. The number of nitrogens with two attached hydrogens (primary N) is 1. The van der Waals surface area contributed by atoms with Crippen molar-refractivity contribution in [2.45, 2.75) is 51.5 Å². The number of piperidine rings is 1. The second-order valence-corrected chi connectivity index (χ2v) is 6.01. The van der Waals surface area contributed by atoms with Crippen LogP contribution in [0.25, 0.3) is 0 Å². The van der Waals surface area contributed by atoms with Gasteiger partial charge in [0.2, 0.25) is 0 Å². The Labute approximate surface area is 110 Å². The van der Waals surface area contributed by atoms with Crippen LogP contribution in [0.5, 0.6) is 0 Å². The maximum atomic E-state index is 12.2. The van der Waals surface area contributed by atoms with Crippen LogP contribution in [0.4, 0.5) is 4.79 Å². The monoisotopic (exact) mass is 253 g/mol. The normalized spacial score (nSPS) is 24.2. The molecule has 0 aromatic rings. The minimum atomic E-state index is 0.101. The van der Waals surface area contributed by atoms with Gasteiger partial charge >= 0.3 is 6.03 Å². The highest BCUT2D eigenvalue weighted by atomic mass is 16.2. The average molecular weight is 253 g/mol. The van der Waals surface area contributed by atoms with Gasteiger partial charge in [-0.3, -0.25) is 0 Å². The second kappa shape index (κ2) is 6.41. The number of carbonyl (C=O) groups excluding carboxylic acids is 1. The number of urea groups is 1. The minimum Gasteiger partial charge on any atom is -0.334 e. The smallest absolute Gasteiger partial charge is 0.317 e. The maximum absolute atomic E-state index is 12.2. The first-order valence-corrected chi connectivity index (χ1v) is 7.46. The van der Waals surface area contributed by atoms with Crippen LogP contribution < -0.4 is 11.1 Å². The summed E-state index contributed by atoms with van der Waals surface area (Å²) in [4.78, 5) is 14.1. The first-order valence-electron chi connectivity index (χ1n) is 7.46. The molecule has 1 aliphatic carbocycles. The quantitative estimate of drug-likeness (QED) is 0.807. The molecule has 18 heavy (non-hydrogen) atoms. The van der Waals surface area contributed by atoms with Gasteiger partial charge in [0, 0.05) is 25.7 Å². The fourth-order valence-electron chi connectivity index (χ4n) is 3.19. The Hall–Kier alpha value is -0.770. The van der Waals surface area contributed by atoms with E-state index in [9.17, 15) is 4.79 Å². The summed E-state index contributed by atoms with van der Waals surface area (Å²) in [5.74, 6) is 1.36. The lowest BCUT2D eigenvalue weighted by molar-refractivity contribution is 0.167. The SMILES string of the molecule is CC1CCN(C(=O)NC(CN)C2CCCC2)CC1. The summed E-state index contributed by atoms with van der Waals surface area (Å²) < 4.78 is 0. The highest BCUT2D eigenvalue weighted by Crippen LogP contribution is 2.27. The standard InChI is InChI=1S/C14H27N3O/c1-11-6-8-17(9-7-11)14(18)16-13(10-15)12-4-2-3-5-12/h11-13H,2-10,15H2,1H3,(H,16,18). The molecule has 104 valence electrons. The van der Waals surface area contributed by atoms with Crippen LogP contribution >= 0.6 is 0 Å². The Morgan fingerprint density at radius 3 is 2.44 bits per heavy atom. The van der Waals surface area contributed by atoms with E-state index in [1.807, 2.05) is 4.90 Å². The van der Waals surface area contributed by atoms with Gasteiger partial charge in [-0.2, -0.15) is 0 Å². The molecule has 0 aromatic carbocycles. The molecule has 1 atom stereocenters. The summed E-state index contributed by atoms with van der Waals surface area (Å²) in [5.41, 5.74) is 5.82. The molecule has 1 aliphatic heterocycles. The van der Waals surface area contributed by atoms with Crippen molar-refractivity contribution in [1.29, 1.82) is 0 Å². The number of nitrogens with one attached hydrogen (secondary N) is 1. The van der Waals surface area contributed by atoms with Crippen molar-refractivity contribution in [2.24, 2.45) is 17.6 Å². The van der Waals surface area contributed by atoms with Crippen molar-refractivity contribution < 1.29 is 4.79 Å². The van der Waals surface area contributed by atoms with Gasteiger partial charge in [-0.1, -0.05) is 19.8 Å². The molecule has 0 radical (unpaired) electrons. The molecule has 2 rings (SSSR count). The third-order valence-electron chi connectivity index (χ3n) is 4.60. The van der Waals surface area contributed by atoms with Crippen LogP contribution in [0.3, 0.4) is 0 Å². The van der Waals surface area contributed by atoms with Gasteiger partial charge in [0.05, 0.1) is 0 Å². The van der Waals surface area contributed by atoms with Crippen LogP contribution in [0, 0.1) is 11.8 Å². The summed E-state index contributed by atoms with van der Waals surface area (Å²) in [7, 11) is 0. The van der Waals surface area contributed by atoms with Crippen LogP contribution in [0.1, 0.15) is 45.4 Å². The van der Waals surface area contributed by atoms with Gasteiger partial charge in [-0.25, -0.2) is 4.79 Å².